The first-order valence-corrected chi connectivity index (χ1v) is 10.3. The van der Waals surface area contributed by atoms with Crippen molar-refractivity contribution in [2.24, 2.45) is 23.7 Å². The number of hydrogen-bond acceptors (Lipinski definition) is 7. The van der Waals surface area contributed by atoms with Crippen molar-refractivity contribution in [3.8, 4) is 0 Å². The number of benzene rings is 1. The highest BCUT2D eigenvalue weighted by atomic mass is 35.5. The van der Waals surface area contributed by atoms with Gasteiger partial charge in [-0.2, -0.15) is 5.10 Å². The van der Waals surface area contributed by atoms with Crippen LogP contribution in [-0.2, 0) is 7.05 Å². The molecule has 0 spiro atoms. The highest BCUT2D eigenvalue weighted by Gasteiger charge is 2.19. The third-order valence-electron chi connectivity index (χ3n) is 5.28. The zero-order chi connectivity index (χ0) is 23.2. The number of halogens is 1. The maximum Gasteiger partial charge on any atom is 0.259 e. The number of hydrazine groups is 1. The number of pyridine rings is 2. The van der Waals surface area contributed by atoms with Gasteiger partial charge >= 0.3 is 0 Å². The Bertz CT molecular complexity index is 1420. The molecular weight excluding hydrogens is 430 g/mol. The van der Waals surface area contributed by atoms with Crippen LogP contribution in [-0.4, -0.2) is 37.7 Å². The molecule has 4 aromatic rings. The zero-order valence-electron chi connectivity index (χ0n) is 18.1. The topological polar surface area (TPSA) is 143 Å². The van der Waals surface area contributed by atoms with Gasteiger partial charge < -0.3 is 11.1 Å². The van der Waals surface area contributed by atoms with Crippen molar-refractivity contribution in [2.45, 2.75) is 19.9 Å². The molecule has 1 atom stereocenters. The minimum Gasteiger partial charge on any atom is -0.380 e. The monoisotopic (exact) mass is 453 g/mol. The molecule has 10 nitrogen and oxygen atoms in total. The third kappa shape index (κ3) is 3.74. The van der Waals surface area contributed by atoms with Gasteiger partial charge in [-0.15, -0.1) is 5.10 Å². The molecule has 0 saturated carbocycles. The van der Waals surface area contributed by atoms with Gasteiger partial charge in [0.25, 0.3) is 5.56 Å². The molecule has 6 N–H and O–H groups in total. The Hall–Kier alpha value is -3.63. The number of fused-ring (bicyclic) bond motifs is 3. The van der Waals surface area contributed by atoms with E-state index in [2.05, 4.69) is 31.7 Å². The molecule has 0 fully saturated rings. The fourth-order valence-corrected chi connectivity index (χ4v) is 4.05. The molecular formula is C21H24ClN9O. The van der Waals surface area contributed by atoms with E-state index in [1.807, 2.05) is 19.9 Å². The molecule has 4 rings (SSSR count). The summed E-state index contributed by atoms with van der Waals surface area (Å²) in [7, 11) is 3.29. The van der Waals surface area contributed by atoms with E-state index in [-0.39, 0.29) is 22.6 Å². The number of nitrogens with one attached hydrogen (secondary N) is 2. The van der Waals surface area contributed by atoms with Gasteiger partial charge in [-0.3, -0.25) is 14.5 Å². The molecule has 3 aromatic heterocycles. The summed E-state index contributed by atoms with van der Waals surface area (Å²) in [5.74, 6) is 5.72. The van der Waals surface area contributed by atoms with Crippen LogP contribution >= 0.6 is 11.6 Å². The fraction of sp³-hybridized carbons (Fsp3) is 0.238. The highest BCUT2D eigenvalue weighted by Crippen LogP contribution is 2.32. The number of anilines is 1. The van der Waals surface area contributed by atoms with Gasteiger partial charge in [-0.25, -0.2) is 15.9 Å². The Balaban J connectivity index is 1.88. The first-order chi connectivity index (χ1) is 15.2. The molecule has 3 heterocycles. The van der Waals surface area contributed by atoms with E-state index in [9.17, 15) is 4.79 Å². The number of hydrazone groups is 1. The summed E-state index contributed by atoms with van der Waals surface area (Å²) < 4.78 is 1.58. The van der Waals surface area contributed by atoms with E-state index in [1.165, 1.54) is 0 Å². The van der Waals surface area contributed by atoms with Crippen molar-refractivity contribution in [1.82, 2.24) is 24.9 Å². The number of rotatable bonds is 5. The molecule has 0 amide bonds. The Kier molecular flexibility index (Phi) is 5.49. The van der Waals surface area contributed by atoms with Crippen LogP contribution in [0.4, 0.5) is 5.69 Å². The Morgan fingerprint density at radius 2 is 2.09 bits per heavy atom. The molecule has 11 heteroatoms. The Morgan fingerprint density at radius 1 is 1.34 bits per heavy atom. The van der Waals surface area contributed by atoms with Gasteiger partial charge in [0, 0.05) is 36.3 Å². The predicted molar refractivity (Wildman–Crippen MR) is 128 cm³/mol. The van der Waals surface area contributed by atoms with Crippen LogP contribution < -0.4 is 22.5 Å². The predicted octanol–water partition coefficient (Wildman–Crippen LogP) is 2.37. The molecule has 0 aliphatic rings. The van der Waals surface area contributed by atoms with Gasteiger partial charge in [-0.05, 0) is 43.2 Å². The van der Waals surface area contributed by atoms with Gasteiger partial charge in [-0.1, -0.05) is 17.7 Å². The van der Waals surface area contributed by atoms with Crippen molar-refractivity contribution in [2.75, 3.05) is 12.4 Å². The quantitative estimate of drug-likeness (QED) is 0.119. The number of aromatic nitrogens is 4. The maximum absolute atomic E-state index is 13.0. The number of amidine groups is 1. The minimum atomic E-state index is -0.215. The molecule has 166 valence electrons. The van der Waals surface area contributed by atoms with Crippen molar-refractivity contribution >= 4 is 44.9 Å². The van der Waals surface area contributed by atoms with Crippen LogP contribution in [0.15, 0.2) is 40.4 Å². The highest BCUT2D eigenvalue weighted by molar-refractivity contribution is 6.29. The fourth-order valence-electron chi connectivity index (χ4n) is 3.90. The number of hydrogen-bond donors (Lipinski definition) is 4. The number of nitrogens with zero attached hydrogens (tertiary/aromatic N) is 5. The molecule has 0 saturated heterocycles. The molecule has 0 bridgehead atoms. The summed E-state index contributed by atoms with van der Waals surface area (Å²) in [5, 5.41) is 18.3. The van der Waals surface area contributed by atoms with E-state index < -0.39 is 0 Å². The molecule has 0 aliphatic heterocycles. The summed E-state index contributed by atoms with van der Waals surface area (Å²) in [5.41, 5.74) is 9.60. The molecule has 1 unspecified atom stereocenters. The molecule has 0 aliphatic carbocycles. The first-order valence-electron chi connectivity index (χ1n) is 9.89. The van der Waals surface area contributed by atoms with E-state index in [4.69, 9.17) is 23.2 Å². The average molecular weight is 454 g/mol. The zero-order valence-corrected chi connectivity index (χ0v) is 18.9. The Morgan fingerprint density at radius 3 is 2.81 bits per heavy atom. The maximum atomic E-state index is 13.0. The lowest BCUT2D eigenvalue weighted by Gasteiger charge is -2.21. The summed E-state index contributed by atoms with van der Waals surface area (Å²) in [4.78, 5) is 17.3. The normalized spacial score (nSPS) is 13.0. The van der Waals surface area contributed by atoms with Gasteiger partial charge in [0.2, 0.25) is 0 Å². The second kappa shape index (κ2) is 8.13. The van der Waals surface area contributed by atoms with Crippen molar-refractivity contribution in [3.63, 3.8) is 0 Å². The second-order valence-corrected chi connectivity index (χ2v) is 8.12. The van der Waals surface area contributed by atoms with Gasteiger partial charge in [0.05, 0.1) is 11.9 Å². The largest absolute Gasteiger partial charge is 0.380 e. The van der Waals surface area contributed by atoms with Crippen LogP contribution in [0.1, 0.15) is 29.8 Å². The molecule has 1 aromatic carbocycles. The Labute approximate surface area is 188 Å². The standard InChI is InChI=1S/C21H24ClN9O/c1-10-7-12(17-13(8-10)21(32)30(3)20-14(17)9-25-28-20)11(2)26-15-5-6-16(22)27-18(15)19(23)29-31(4)24/h5-9,11,26H,24H2,1-4H3,(H2,23,29)(H,25,28). The summed E-state index contributed by atoms with van der Waals surface area (Å²) in [6, 6.07) is 7.19. The minimum absolute atomic E-state index is 0.0925. The number of aryl methyl sites for hydroxylation is 2. The lowest BCUT2D eigenvalue weighted by atomic mass is 9.95. The van der Waals surface area contributed by atoms with Crippen LogP contribution in [0, 0.1) is 6.92 Å². The summed E-state index contributed by atoms with van der Waals surface area (Å²) in [6.45, 7) is 3.96. The van der Waals surface area contributed by atoms with Crippen LogP contribution in [0.2, 0.25) is 5.15 Å². The van der Waals surface area contributed by atoms with Crippen molar-refractivity contribution in [1.29, 1.82) is 0 Å². The molecule has 0 radical (unpaired) electrons. The van der Waals surface area contributed by atoms with Crippen LogP contribution in [0.25, 0.3) is 21.8 Å². The third-order valence-corrected chi connectivity index (χ3v) is 5.49. The summed E-state index contributed by atoms with van der Waals surface area (Å²) >= 11 is 6.09. The van der Waals surface area contributed by atoms with Crippen molar-refractivity contribution < 1.29 is 0 Å². The lowest BCUT2D eigenvalue weighted by Crippen LogP contribution is -2.27. The van der Waals surface area contributed by atoms with E-state index in [1.54, 1.807) is 37.0 Å². The van der Waals surface area contributed by atoms with E-state index >= 15 is 0 Å². The number of H-pyrrole nitrogens is 1. The van der Waals surface area contributed by atoms with Gasteiger partial charge in [0.1, 0.15) is 16.5 Å². The van der Waals surface area contributed by atoms with Crippen molar-refractivity contribution in [3.05, 3.63) is 62.8 Å². The second-order valence-electron chi connectivity index (χ2n) is 7.73. The van der Waals surface area contributed by atoms with Crippen LogP contribution in [0.3, 0.4) is 0 Å². The SMILES string of the molecule is Cc1cc(C(C)Nc2ccc(Cl)nc2/C(N)=N/N(C)N)c2c(c1)c(=O)n(C)c1[nH]ncc21. The van der Waals surface area contributed by atoms with E-state index in [0.717, 1.165) is 27.0 Å². The smallest absolute Gasteiger partial charge is 0.259 e. The molecule has 32 heavy (non-hydrogen) atoms. The van der Waals surface area contributed by atoms with E-state index in [0.29, 0.717) is 22.4 Å². The average Bonchev–Trinajstić information content (AvgIpc) is 3.22. The number of aromatic amines is 1. The van der Waals surface area contributed by atoms with Crippen LogP contribution in [0.5, 0.6) is 0 Å². The van der Waals surface area contributed by atoms with Gasteiger partial charge in [0.15, 0.2) is 5.84 Å². The number of nitrogens with two attached hydrogens (primary N) is 2. The summed E-state index contributed by atoms with van der Waals surface area (Å²) in [6.07, 6.45) is 1.74. The first kappa shape index (κ1) is 21.6. The lowest BCUT2D eigenvalue weighted by molar-refractivity contribution is 0.371.